The first kappa shape index (κ1) is 33.3. The Morgan fingerprint density at radius 1 is 0.955 bits per heavy atom. The van der Waals surface area contributed by atoms with Gasteiger partial charge in [0, 0.05) is 68.5 Å². The molecule has 1 saturated heterocycles. The molecular weight excluding hydrogens is 560 g/mol. The summed E-state index contributed by atoms with van der Waals surface area (Å²) in [6.45, 7) is 6.55. The lowest BCUT2D eigenvalue weighted by molar-refractivity contribution is -0.131. The van der Waals surface area contributed by atoms with E-state index < -0.39 is 5.91 Å². The summed E-state index contributed by atoms with van der Waals surface area (Å²) in [6.07, 6.45) is 5.72. The summed E-state index contributed by atoms with van der Waals surface area (Å²) < 4.78 is 16.5. The molecule has 44 heavy (non-hydrogen) atoms. The highest BCUT2D eigenvalue weighted by Crippen LogP contribution is 2.31. The number of methoxy groups -OCH3 is 2. The van der Waals surface area contributed by atoms with Crippen LogP contribution >= 0.6 is 0 Å². The topological polar surface area (TPSA) is 123 Å². The molecule has 2 aromatic carbocycles. The first-order valence-electron chi connectivity index (χ1n) is 15.8. The Bertz CT molecular complexity index is 1270. The van der Waals surface area contributed by atoms with Crippen molar-refractivity contribution >= 4 is 17.7 Å². The minimum atomic E-state index is -0.491. The molecule has 2 fully saturated rings. The van der Waals surface area contributed by atoms with E-state index in [4.69, 9.17) is 19.9 Å². The van der Waals surface area contributed by atoms with Gasteiger partial charge in [0.25, 0.3) is 5.91 Å². The van der Waals surface area contributed by atoms with Crippen molar-refractivity contribution < 1.29 is 28.6 Å². The molecule has 3 N–H and O–H groups in total. The summed E-state index contributed by atoms with van der Waals surface area (Å²) >= 11 is 0. The molecule has 0 spiro atoms. The van der Waals surface area contributed by atoms with Gasteiger partial charge in [0.05, 0.1) is 20.1 Å². The molecule has 1 aliphatic carbocycles. The van der Waals surface area contributed by atoms with Gasteiger partial charge in [0.2, 0.25) is 11.8 Å². The first-order valence-corrected chi connectivity index (χ1v) is 15.8. The lowest BCUT2D eigenvalue weighted by atomic mass is 9.95. The van der Waals surface area contributed by atoms with Gasteiger partial charge < -0.3 is 35.1 Å². The second kappa shape index (κ2) is 15.9. The van der Waals surface area contributed by atoms with Crippen LogP contribution in [0.3, 0.4) is 0 Å². The normalized spacial score (nSPS) is 18.1. The number of primary amides is 1. The van der Waals surface area contributed by atoms with E-state index in [1.807, 2.05) is 29.7 Å². The van der Waals surface area contributed by atoms with Crippen LogP contribution < -0.4 is 20.5 Å². The molecular formula is C34H48N4O6. The second-order valence-electron chi connectivity index (χ2n) is 12.1. The molecule has 2 atom stereocenters. The van der Waals surface area contributed by atoms with Gasteiger partial charge in [-0.3, -0.25) is 14.4 Å². The lowest BCUT2D eigenvalue weighted by Crippen LogP contribution is -2.54. The summed E-state index contributed by atoms with van der Waals surface area (Å²) in [7, 11) is 3.25. The van der Waals surface area contributed by atoms with Crippen LogP contribution in [0.15, 0.2) is 42.5 Å². The molecule has 4 rings (SSSR count). The van der Waals surface area contributed by atoms with Crippen LogP contribution in [0.1, 0.15) is 78.7 Å². The maximum Gasteiger partial charge on any atom is 0.254 e. The zero-order chi connectivity index (χ0) is 31.6. The molecule has 10 heteroatoms. The van der Waals surface area contributed by atoms with Gasteiger partial charge in [0.1, 0.15) is 0 Å². The van der Waals surface area contributed by atoms with E-state index in [1.54, 1.807) is 50.6 Å². The van der Waals surface area contributed by atoms with E-state index in [9.17, 15) is 14.4 Å². The van der Waals surface area contributed by atoms with Crippen LogP contribution in [0.5, 0.6) is 11.5 Å². The van der Waals surface area contributed by atoms with Gasteiger partial charge in [-0.1, -0.05) is 12.1 Å². The van der Waals surface area contributed by atoms with Crippen molar-refractivity contribution in [1.82, 2.24) is 15.1 Å². The Hall–Kier alpha value is -3.63. The van der Waals surface area contributed by atoms with E-state index in [-0.39, 0.29) is 36.4 Å². The maximum atomic E-state index is 13.8. The number of piperidine rings is 1. The smallest absolute Gasteiger partial charge is 0.254 e. The van der Waals surface area contributed by atoms with Crippen molar-refractivity contribution in [2.24, 2.45) is 5.73 Å². The molecule has 1 aliphatic heterocycles. The summed E-state index contributed by atoms with van der Waals surface area (Å²) in [5.41, 5.74) is 7.21. The van der Waals surface area contributed by atoms with Gasteiger partial charge in [-0.25, -0.2) is 0 Å². The molecule has 2 aliphatic rings. The average molecular weight is 609 g/mol. The van der Waals surface area contributed by atoms with Gasteiger partial charge >= 0.3 is 0 Å². The molecule has 10 nitrogen and oxygen atoms in total. The predicted octanol–water partition coefficient (Wildman–Crippen LogP) is 3.80. The predicted molar refractivity (Wildman–Crippen MR) is 169 cm³/mol. The van der Waals surface area contributed by atoms with Crippen molar-refractivity contribution in [2.75, 3.05) is 40.5 Å². The Balaban J connectivity index is 1.32. The number of nitrogens with one attached hydrogen (secondary N) is 1. The minimum Gasteiger partial charge on any atom is -0.493 e. The second-order valence-corrected chi connectivity index (χ2v) is 12.1. The van der Waals surface area contributed by atoms with Crippen LogP contribution in [0, 0.1) is 0 Å². The number of nitrogens with zero attached hydrogens (tertiary/aromatic N) is 2. The van der Waals surface area contributed by atoms with E-state index in [0.717, 1.165) is 44.1 Å². The third kappa shape index (κ3) is 8.95. The monoisotopic (exact) mass is 608 g/mol. The van der Waals surface area contributed by atoms with Gasteiger partial charge in [-0.05, 0) is 81.8 Å². The highest BCUT2D eigenvalue weighted by atomic mass is 16.5. The molecule has 0 unspecified atom stereocenters. The number of benzene rings is 2. The fourth-order valence-electron chi connectivity index (χ4n) is 5.97. The first-order chi connectivity index (χ1) is 21.2. The largest absolute Gasteiger partial charge is 0.493 e. The molecule has 2 aromatic rings. The molecule has 3 amide bonds. The number of carbonyl (C=O) groups is 3. The van der Waals surface area contributed by atoms with E-state index >= 15 is 0 Å². The van der Waals surface area contributed by atoms with Crippen molar-refractivity contribution in [3.05, 3.63) is 59.2 Å². The van der Waals surface area contributed by atoms with E-state index in [1.165, 1.54) is 0 Å². The Labute approximate surface area is 261 Å². The van der Waals surface area contributed by atoms with Gasteiger partial charge in [-0.15, -0.1) is 0 Å². The third-order valence-corrected chi connectivity index (χ3v) is 8.43. The van der Waals surface area contributed by atoms with Crippen LogP contribution in [-0.4, -0.2) is 92.2 Å². The van der Waals surface area contributed by atoms with E-state index in [0.29, 0.717) is 55.0 Å². The molecule has 240 valence electrons. The van der Waals surface area contributed by atoms with Crippen LogP contribution in [0.25, 0.3) is 0 Å². The summed E-state index contributed by atoms with van der Waals surface area (Å²) in [5.74, 6) is 0.709. The summed E-state index contributed by atoms with van der Waals surface area (Å²) in [6, 6.07) is 13.0. The number of carbonyl (C=O) groups excluding carboxylic acids is 3. The number of ether oxygens (including phenoxy) is 3. The van der Waals surface area contributed by atoms with Crippen molar-refractivity contribution in [1.29, 1.82) is 0 Å². The molecule has 0 aromatic heterocycles. The Morgan fingerprint density at radius 3 is 2.36 bits per heavy atom. The number of amides is 3. The fraction of sp³-hybridized carbons (Fsp3) is 0.559. The standard InChI is InChI=1S/C34H48N4O6/c1-23(2)38(34(41)26-9-14-30(43-4)31(21-26)44-18-6-17-42-3)29-11-10-27(36-22-29)15-16-37(28-12-13-28)32(39)20-24-7-5-8-25(19-24)33(35)40/h5,7-9,14,19,21,23,27-29,36H,6,10-13,15-18,20,22H2,1-4H3,(H2,35,40)/t27-,29-/m1/s1. The number of hydrogen-bond donors (Lipinski definition) is 2. The number of nitrogens with two attached hydrogens (primary N) is 1. The third-order valence-electron chi connectivity index (χ3n) is 8.43. The number of rotatable bonds is 16. The minimum absolute atomic E-state index is 0.0232. The molecule has 0 bridgehead atoms. The Morgan fingerprint density at radius 2 is 1.73 bits per heavy atom. The van der Waals surface area contributed by atoms with Crippen LogP contribution in [0.2, 0.25) is 0 Å². The van der Waals surface area contributed by atoms with Crippen molar-refractivity contribution in [2.45, 2.75) is 83.0 Å². The average Bonchev–Trinajstić information content (AvgIpc) is 3.85. The van der Waals surface area contributed by atoms with Gasteiger partial charge in [-0.2, -0.15) is 0 Å². The molecule has 1 heterocycles. The van der Waals surface area contributed by atoms with Crippen molar-refractivity contribution in [3.8, 4) is 11.5 Å². The van der Waals surface area contributed by atoms with Crippen molar-refractivity contribution in [3.63, 3.8) is 0 Å². The van der Waals surface area contributed by atoms with E-state index in [2.05, 4.69) is 5.32 Å². The quantitative estimate of drug-likeness (QED) is 0.278. The summed E-state index contributed by atoms with van der Waals surface area (Å²) in [4.78, 5) is 42.6. The summed E-state index contributed by atoms with van der Waals surface area (Å²) in [5, 5.41) is 3.66. The van der Waals surface area contributed by atoms with Crippen LogP contribution in [-0.2, 0) is 16.0 Å². The zero-order valence-corrected chi connectivity index (χ0v) is 26.6. The fourth-order valence-corrected chi connectivity index (χ4v) is 5.97. The zero-order valence-electron chi connectivity index (χ0n) is 26.6. The Kier molecular flexibility index (Phi) is 12.0. The highest BCUT2D eigenvalue weighted by Gasteiger charge is 2.35. The maximum absolute atomic E-state index is 13.8. The highest BCUT2D eigenvalue weighted by molar-refractivity contribution is 5.95. The SMILES string of the molecule is COCCCOc1cc(C(=O)N(C(C)C)[C@@H]2CC[C@H](CCN(C(=O)Cc3cccc(C(N)=O)c3)C3CC3)NC2)ccc1OC. The molecule has 1 saturated carbocycles. The van der Waals surface area contributed by atoms with Gasteiger partial charge in [0.15, 0.2) is 11.5 Å². The molecule has 0 radical (unpaired) electrons. The lowest BCUT2D eigenvalue weighted by Gasteiger charge is -2.40. The van der Waals surface area contributed by atoms with Crippen LogP contribution in [0.4, 0.5) is 0 Å². The number of hydrogen-bond acceptors (Lipinski definition) is 7.